The van der Waals surface area contributed by atoms with Crippen molar-refractivity contribution in [2.45, 2.75) is 83.2 Å². The highest BCUT2D eigenvalue weighted by molar-refractivity contribution is 7.89. The average Bonchev–Trinajstić information content (AvgIpc) is 2.78. The summed E-state index contributed by atoms with van der Waals surface area (Å²) in [6.45, 7) is 5.53. The van der Waals surface area contributed by atoms with Gasteiger partial charge in [-0.15, -0.1) is 0 Å². The molecule has 1 aromatic carbocycles. The molecule has 2 saturated heterocycles. The van der Waals surface area contributed by atoms with Gasteiger partial charge in [-0.25, -0.2) is 8.42 Å². The quantitative estimate of drug-likeness (QED) is 0.584. The molecule has 31 heavy (non-hydrogen) atoms. The molecule has 6 heteroatoms. The minimum Gasteiger partial charge on any atom is -0.330 e. The lowest BCUT2D eigenvalue weighted by molar-refractivity contribution is 0.0220. The molecule has 3 aliphatic heterocycles. The lowest BCUT2D eigenvalue weighted by Gasteiger charge is -2.51. The van der Waals surface area contributed by atoms with Crippen LogP contribution in [0.25, 0.3) is 0 Å². The third kappa shape index (κ3) is 5.18. The topological polar surface area (TPSA) is 66.6 Å². The highest BCUT2D eigenvalue weighted by Gasteiger charge is 2.45. The maximum atomic E-state index is 13.1. The van der Waals surface area contributed by atoms with E-state index in [9.17, 15) is 8.42 Å². The lowest BCUT2D eigenvalue weighted by Crippen LogP contribution is -2.57. The van der Waals surface area contributed by atoms with Crippen LogP contribution in [0.1, 0.15) is 81.0 Å². The van der Waals surface area contributed by atoms with Crippen LogP contribution in [0.5, 0.6) is 0 Å². The van der Waals surface area contributed by atoms with E-state index >= 15 is 0 Å². The third-order valence-electron chi connectivity index (χ3n) is 7.76. The van der Waals surface area contributed by atoms with E-state index in [2.05, 4.69) is 30.0 Å². The number of nitrogens with two attached hydrogens (primary N) is 1. The van der Waals surface area contributed by atoms with Crippen molar-refractivity contribution in [2.75, 3.05) is 31.9 Å². The van der Waals surface area contributed by atoms with Gasteiger partial charge in [0.1, 0.15) is 0 Å². The molecule has 2 N–H and O–H groups in total. The second-order valence-electron chi connectivity index (χ2n) is 9.88. The van der Waals surface area contributed by atoms with Gasteiger partial charge in [0.25, 0.3) is 0 Å². The Morgan fingerprint density at radius 1 is 1.13 bits per heavy atom. The summed E-state index contributed by atoms with van der Waals surface area (Å²) in [5.74, 6) is 0.663. The molecule has 3 heterocycles. The Bertz CT molecular complexity index is 841. The van der Waals surface area contributed by atoms with Crippen molar-refractivity contribution < 1.29 is 8.42 Å². The summed E-state index contributed by atoms with van der Waals surface area (Å²) in [5.41, 5.74) is 10.0. The molecule has 0 unspecified atom stereocenters. The summed E-state index contributed by atoms with van der Waals surface area (Å²) in [5, 5.41) is 0. The Balaban J connectivity index is 1.50. The highest BCUT2D eigenvalue weighted by atomic mass is 32.2. The van der Waals surface area contributed by atoms with Crippen molar-refractivity contribution in [1.82, 2.24) is 9.21 Å². The molecule has 5 nitrogen and oxygen atoms in total. The summed E-state index contributed by atoms with van der Waals surface area (Å²) in [7, 11) is -3.22. The standard InChI is InChI=1S/C25H41N3O2S/c1-2-3-4-5-8-20-10-11-23-21(17-20)12-15-27-19-22-9-6-14-28(24(22)18-25(23)27)31(29,30)16-7-13-26/h10-11,17,22,24-25H,2-9,12-16,18-19,26H2,1H3/t22-,24+,25-/m0/s1. The fourth-order valence-corrected chi connectivity index (χ4v) is 7.95. The molecule has 174 valence electrons. The lowest BCUT2D eigenvalue weighted by atomic mass is 9.77. The van der Waals surface area contributed by atoms with Gasteiger partial charge in [0.05, 0.1) is 5.75 Å². The predicted octanol–water partition coefficient (Wildman–Crippen LogP) is 3.87. The van der Waals surface area contributed by atoms with Crippen molar-refractivity contribution in [2.24, 2.45) is 11.7 Å². The Morgan fingerprint density at radius 2 is 2.00 bits per heavy atom. The molecule has 0 radical (unpaired) electrons. The number of aryl methyl sites for hydroxylation is 1. The maximum Gasteiger partial charge on any atom is 0.214 e. The number of unbranched alkanes of at least 4 members (excludes halogenated alkanes) is 3. The van der Waals surface area contributed by atoms with Crippen LogP contribution in [0.2, 0.25) is 0 Å². The van der Waals surface area contributed by atoms with Crippen LogP contribution in [-0.4, -0.2) is 55.6 Å². The highest BCUT2D eigenvalue weighted by Crippen LogP contribution is 2.43. The summed E-state index contributed by atoms with van der Waals surface area (Å²) >= 11 is 0. The molecule has 2 fully saturated rings. The van der Waals surface area contributed by atoms with E-state index in [1.54, 1.807) is 0 Å². The molecule has 4 rings (SSSR count). The van der Waals surface area contributed by atoms with E-state index in [4.69, 9.17) is 5.73 Å². The Kier molecular flexibility index (Phi) is 7.73. The molecular weight excluding hydrogens is 406 g/mol. The number of hydrogen-bond acceptors (Lipinski definition) is 4. The molecule has 1 aromatic rings. The monoisotopic (exact) mass is 447 g/mol. The second-order valence-corrected chi connectivity index (χ2v) is 11.9. The van der Waals surface area contributed by atoms with E-state index in [0.717, 1.165) is 38.8 Å². The largest absolute Gasteiger partial charge is 0.330 e. The fraction of sp³-hybridized carbons (Fsp3) is 0.760. The zero-order chi connectivity index (χ0) is 21.8. The van der Waals surface area contributed by atoms with Crippen LogP contribution in [0.15, 0.2) is 18.2 Å². The smallest absolute Gasteiger partial charge is 0.214 e. The van der Waals surface area contributed by atoms with Crippen molar-refractivity contribution >= 4 is 10.0 Å². The molecule has 0 aliphatic carbocycles. The van der Waals surface area contributed by atoms with Crippen molar-refractivity contribution in [1.29, 1.82) is 0 Å². The van der Waals surface area contributed by atoms with Gasteiger partial charge in [-0.05, 0) is 74.1 Å². The number of benzene rings is 1. The van der Waals surface area contributed by atoms with E-state index in [-0.39, 0.29) is 11.8 Å². The zero-order valence-corrected chi connectivity index (χ0v) is 20.1. The molecule has 0 saturated carbocycles. The number of sulfonamides is 1. The Morgan fingerprint density at radius 3 is 2.81 bits per heavy atom. The van der Waals surface area contributed by atoms with Crippen LogP contribution in [0.3, 0.4) is 0 Å². The van der Waals surface area contributed by atoms with Gasteiger partial charge in [0.2, 0.25) is 10.0 Å². The maximum absolute atomic E-state index is 13.1. The Hall–Kier alpha value is -0.950. The van der Waals surface area contributed by atoms with Crippen molar-refractivity contribution in [3.05, 3.63) is 34.9 Å². The molecule has 0 aromatic heterocycles. The normalized spacial score (nSPS) is 26.8. The first kappa shape index (κ1) is 23.2. The van der Waals surface area contributed by atoms with Gasteiger partial charge < -0.3 is 5.73 Å². The van der Waals surface area contributed by atoms with Gasteiger partial charge >= 0.3 is 0 Å². The third-order valence-corrected chi connectivity index (χ3v) is 9.73. The number of rotatable bonds is 9. The number of hydrogen-bond donors (Lipinski definition) is 1. The van der Waals surface area contributed by atoms with Crippen molar-refractivity contribution in [3.63, 3.8) is 0 Å². The number of piperidine rings is 2. The first-order chi connectivity index (χ1) is 15.0. The molecule has 3 atom stereocenters. The minimum atomic E-state index is -3.22. The first-order valence-corrected chi connectivity index (χ1v) is 14.2. The average molecular weight is 448 g/mol. The van der Waals surface area contributed by atoms with Crippen LogP contribution < -0.4 is 5.73 Å². The molecular formula is C25H41N3O2S. The molecule has 0 bridgehead atoms. The zero-order valence-electron chi connectivity index (χ0n) is 19.3. The van der Waals surface area contributed by atoms with E-state index in [1.807, 2.05) is 4.31 Å². The van der Waals surface area contributed by atoms with Crippen LogP contribution in [0, 0.1) is 5.92 Å². The van der Waals surface area contributed by atoms with E-state index < -0.39 is 10.0 Å². The SMILES string of the molecule is CCCCCCc1ccc2c(c1)CCN1C[C@@H]3CCCN(S(=O)(=O)CCCN)[C@@H]3C[C@@H]21. The van der Waals surface area contributed by atoms with Gasteiger partial charge in [0, 0.05) is 31.7 Å². The van der Waals surface area contributed by atoms with E-state index in [0.29, 0.717) is 31.5 Å². The molecule has 0 spiro atoms. The molecule has 0 amide bonds. The fourth-order valence-electron chi connectivity index (χ4n) is 6.11. The minimum absolute atomic E-state index is 0.150. The van der Waals surface area contributed by atoms with Crippen LogP contribution in [-0.2, 0) is 22.9 Å². The van der Waals surface area contributed by atoms with E-state index in [1.165, 1.54) is 48.8 Å². The molecule has 3 aliphatic rings. The summed E-state index contributed by atoms with van der Waals surface area (Å²) in [4.78, 5) is 2.64. The van der Waals surface area contributed by atoms with Crippen LogP contribution in [0.4, 0.5) is 0 Å². The second kappa shape index (κ2) is 10.3. The summed E-state index contributed by atoms with van der Waals surface area (Å²) in [6, 6.07) is 7.65. The predicted molar refractivity (Wildman–Crippen MR) is 128 cm³/mol. The van der Waals surface area contributed by atoms with Gasteiger partial charge in [-0.2, -0.15) is 4.31 Å². The summed E-state index contributed by atoms with van der Waals surface area (Å²) < 4.78 is 28.0. The van der Waals surface area contributed by atoms with Gasteiger partial charge in [0.15, 0.2) is 0 Å². The number of fused-ring (bicyclic) bond motifs is 4. The summed E-state index contributed by atoms with van der Waals surface area (Å²) in [6.07, 6.45) is 11.1. The van der Waals surface area contributed by atoms with Crippen LogP contribution >= 0.6 is 0 Å². The van der Waals surface area contributed by atoms with Gasteiger partial charge in [-0.3, -0.25) is 4.90 Å². The van der Waals surface area contributed by atoms with Gasteiger partial charge in [-0.1, -0.05) is 44.4 Å². The first-order valence-electron chi connectivity index (χ1n) is 12.6. The van der Waals surface area contributed by atoms with Crippen molar-refractivity contribution in [3.8, 4) is 0 Å². The Labute approximate surface area is 189 Å². The number of nitrogens with zero attached hydrogens (tertiary/aromatic N) is 2.